The summed E-state index contributed by atoms with van der Waals surface area (Å²) < 4.78 is 25.8. The van der Waals surface area contributed by atoms with Crippen LogP contribution < -0.4 is 28.7 Å². The van der Waals surface area contributed by atoms with E-state index >= 15 is 0 Å². The first-order valence-electron chi connectivity index (χ1n) is 32.2. The molecular formula is C79H92N4O4. The van der Waals surface area contributed by atoms with Gasteiger partial charge in [-0.15, -0.1) is 0 Å². The first-order valence-corrected chi connectivity index (χ1v) is 32.2. The van der Waals surface area contributed by atoms with E-state index in [-0.39, 0.29) is 16.5 Å². The van der Waals surface area contributed by atoms with Gasteiger partial charge in [-0.25, -0.2) is 0 Å². The maximum atomic E-state index is 6.62. The highest BCUT2D eigenvalue weighted by Gasteiger charge is 2.38. The van der Waals surface area contributed by atoms with Crippen LogP contribution in [-0.4, -0.2) is 36.7 Å². The van der Waals surface area contributed by atoms with Crippen molar-refractivity contribution in [1.29, 1.82) is 0 Å². The molecule has 0 fully saturated rings. The Bertz CT molecular complexity index is 3660. The summed E-state index contributed by atoms with van der Waals surface area (Å²) in [4.78, 5) is 9.86. The monoisotopic (exact) mass is 1160 g/mol. The Balaban J connectivity index is 0.733. The highest BCUT2D eigenvalue weighted by atomic mass is 16.5. The third kappa shape index (κ3) is 11.4. The first-order chi connectivity index (χ1) is 41.8. The smallest absolute Gasteiger partial charge is 0.161 e. The maximum absolute atomic E-state index is 6.62. The Morgan fingerprint density at radius 3 is 1.09 bits per heavy atom. The van der Waals surface area contributed by atoms with Crippen molar-refractivity contribution < 1.29 is 18.9 Å². The number of nitrogens with zero attached hydrogens (tertiary/aromatic N) is 4. The number of rotatable bonds is 16. The third-order valence-electron chi connectivity index (χ3n) is 20.1. The molecule has 87 heavy (non-hydrogen) atoms. The first kappa shape index (κ1) is 59.8. The van der Waals surface area contributed by atoms with Gasteiger partial charge in [0.25, 0.3) is 0 Å². The predicted octanol–water partition coefficient (Wildman–Crippen LogP) is 17.6. The molecule has 0 amide bonds. The van der Waals surface area contributed by atoms with Crippen LogP contribution in [0.2, 0.25) is 0 Å². The van der Waals surface area contributed by atoms with Crippen LogP contribution in [0.5, 0.6) is 23.0 Å². The molecule has 0 bridgehead atoms. The van der Waals surface area contributed by atoms with E-state index in [0.717, 1.165) is 87.7 Å². The topological polar surface area (TPSA) is 49.9 Å². The molecule has 8 nitrogen and oxygen atoms in total. The Morgan fingerprint density at radius 2 is 0.701 bits per heavy atom. The zero-order chi connectivity index (χ0) is 61.1. The van der Waals surface area contributed by atoms with Crippen LogP contribution in [0.25, 0.3) is 0 Å². The molecule has 12 rings (SSSR count). The average Bonchev–Trinajstić information content (AvgIpc) is 1.29. The lowest BCUT2D eigenvalue weighted by atomic mass is 9.77. The van der Waals surface area contributed by atoms with Crippen molar-refractivity contribution in [3.63, 3.8) is 0 Å². The minimum Gasteiger partial charge on any atom is -0.478 e. The van der Waals surface area contributed by atoms with Crippen LogP contribution in [0.4, 0.5) is 11.4 Å². The van der Waals surface area contributed by atoms with Gasteiger partial charge in [-0.05, 0) is 219 Å². The van der Waals surface area contributed by atoms with E-state index in [4.69, 9.17) is 18.9 Å². The molecule has 0 aromatic heterocycles. The molecule has 8 aromatic carbocycles. The number of anilines is 2. The number of ether oxygens (including phenoxy) is 4. The molecule has 8 heteroatoms. The molecule has 0 radical (unpaired) electrons. The fourth-order valence-corrected chi connectivity index (χ4v) is 15.5. The molecule has 452 valence electrons. The average molecular weight is 1160 g/mol. The van der Waals surface area contributed by atoms with Crippen molar-refractivity contribution in [3.05, 3.63) is 245 Å². The molecule has 0 saturated carbocycles. The van der Waals surface area contributed by atoms with Crippen LogP contribution in [0.15, 0.2) is 133 Å². The molecule has 4 heterocycles. The molecule has 0 aliphatic carbocycles. The van der Waals surface area contributed by atoms with Gasteiger partial charge in [-0.3, -0.25) is 9.80 Å². The highest BCUT2D eigenvalue weighted by Crippen LogP contribution is 2.44. The standard InChI is InChI=1S/C79H92N4O4/c1-15-59-37-55(31-51(5)73(59)78(11,12)82-45-63-23-19-21-25-69(63)86-49-82)35-57-33-53(7)75(61(17-3)39-57)80-43-65-41-67(27-29-71(65)84-47-80)77(9,10)68-28-30-72-66(42-68)44-81(48-85-72)76-54(8)34-58(40-62(76)18-4)36-56-32-52(6)74(60(16-2)38-56)79(13,14)83-46-64-24-20-22-26-70(64)87-50-83/h19-34,37-42H,15-18,35-36,43-50H2,1-14H3. The molecule has 8 aromatic rings. The second-order valence-electron chi connectivity index (χ2n) is 27.0. The maximum Gasteiger partial charge on any atom is 0.161 e. The van der Waals surface area contributed by atoms with Gasteiger partial charge in [0.2, 0.25) is 0 Å². The van der Waals surface area contributed by atoms with Crippen molar-refractivity contribution >= 4 is 11.4 Å². The van der Waals surface area contributed by atoms with Gasteiger partial charge in [0, 0.05) is 76.3 Å². The fraction of sp³-hybridized carbons (Fsp3) is 0.392. The molecule has 0 saturated heterocycles. The van der Waals surface area contributed by atoms with Gasteiger partial charge in [0.15, 0.2) is 13.5 Å². The number of para-hydroxylation sites is 2. The van der Waals surface area contributed by atoms with Crippen LogP contribution in [-0.2, 0) is 81.2 Å². The van der Waals surface area contributed by atoms with E-state index in [1.165, 1.54) is 123 Å². The normalized spacial score (nSPS) is 15.4. The molecular weight excluding hydrogens is 1070 g/mol. The van der Waals surface area contributed by atoms with E-state index in [0.29, 0.717) is 26.9 Å². The summed E-state index contributed by atoms with van der Waals surface area (Å²) in [5.41, 5.74) is 28.5. The largest absolute Gasteiger partial charge is 0.478 e. The van der Waals surface area contributed by atoms with Crippen LogP contribution >= 0.6 is 0 Å². The summed E-state index contributed by atoms with van der Waals surface area (Å²) in [6.45, 7) is 38.1. The van der Waals surface area contributed by atoms with Gasteiger partial charge in [0.1, 0.15) is 36.5 Å². The lowest BCUT2D eigenvalue weighted by molar-refractivity contribution is 0.00905. The summed E-state index contributed by atoms with van der Waals surface area (Å²) in [5, 5.41) is 0. The van der Waals surface area contributed by atoms with E-state index in [1.54, 1.807) is 0 Å². The van der Waals surface area contributed by atoms with Gasteiger partial charge in [-0.2, -0.15) is 0 Å². The molecule has 0 unspecified atom stereocenters. The van der Waals surface area contributed by atoms with E-state index in [9.17, 15) is 0 Å². The quantitative estimate of drug-likeness (QED) is 0.0949. The summed E-state index contributed by atoms with van der Waals surface area (Å²) >= 11 is 0. The lowest BCUT2D eigenvalue weighted by Crippen LogP contribution is -2.46. The van der Waals surface area contributed by atoms with Crippen LogP contribution in [0.1, 0.15) is 181 Å². The molecule has 0 spiro atoms. The summed E-state index contributed by atoms with van der Waals surface area (Å²) in [6.07, 6.45) is 5.63. The van der Waals surface area contributed by atoms with E-state index < -0.39 is 0 Å². The molecule has 0 atom stereocenters. The third-order valence-corrected chi connectivity index (χ3v) is 20.1. The Hall–Kier alpha value is -7.52. The minimum atomic E-state index is -0.275. The number of hydrogen-bond acceptors (Lipinski definition) is 8. The van der Waals surface area contributed by atoms with Crippen molar-refractivity contribution in [2.24, 2.45) is 0 Å². The highest BCUT2D eigenvalue weighted by molar-refractivity contribution is 5.65. The zero-order valence-corrected chi connectivity index (χ0v) is 54.5. The number of hydrogen-bond donors (Lipinski definition) is 0. The second kappa shape index (κ2) is 23.9. The van der Waals surface area contributed by atoms with Gasteiger partial charge in [0.05, 0.1) is 0 Å². The van der Waals surface area contributed by atoms with Crippen molar-refractivity contribution in [3.8, 4) is 23.0 Å². The predicted molar refractivity (Wildman–Crippen MR) is 357 cm³/mol. The van der Waals surface area contributed by atoms with E-state index in [2.05, 4.69) is 250 Å². The van der Waals surface area contributed by atoms with E-state index in [1.807, 2.05) is 0 Å². The molecule has 4 aliphatic heterocycles. The van der Waals surface area contributed by atoms with Crippen molar-refractivity contribution in [1.82, 2.24) is 9.80 Å². The Kier molecular flexibility index (Phi) is 16.4. The summed E-state index contributed by atoms with van der Waals surface area (Å²) in [6, 6.07) is 50.2. The minimum absolute atomic E-state index is 0.193. The Morgan fingerprint density at radius 1 is 0.356 bits per heavy atom. The summed E-state index contributed by atoms with van der Waals surface area (Å²) in [7, 11) is 0. The van der Waals surface area contributed by atoms with Crippen molar-refractivity contribution in [2.75, 3.05) is 36.7 Å². The number of fused-ring (bicyclic) bond motifs is 4. The zero-order valence-electron chi connectivity index (χ0n) is 54.5. The Labute approximate surface area is 520 Å². The van der Waals surface area contributed by atoms with Gasteiger partial charge >= 0.3 is 0 Å². The van der Waals surface area contributed by atoms with Crippen molar-refractivity contribution in [2.45, 2.75) is 178 Å². The lowest BCUT2D eigenvalue weighted by Gasteiger charge is -2.43. The van der Waals surface area contributed by atoms with Gasteiger partial charge < -0.3 is 28.7 Å². The SMILES string of the molecule is CCc1cc(Cc2cc(C)c(C(C)(C)N3COc4ccccc4C3)c(CC)c2)cc(C)c1N1COc2ccc(C(C)(C)c3ccc4c(c3)CN(c3c(C)cc(Cc5cc(C)c(C(C)(C)N6COc7ccccc7C6)c(CC)c5)cc3CC)CO4)cc2C1. The number of benzene rings is 8. The second-order valence-corrected chi connectivity index (χ2v) is 27.0. The number of aryl methyl sites for hydroxylation is 8. The molecule has 0 N–H and O–H groups in total. The summed E-state index contributed by atoms with van der Waals surface area (Å²) in [5.74, 6) is 3.95. The van der Waals surface area contributed by atoms with Gasteiger partial charge in [-0.1, -0.05) is 139 Å². The van der Waals surface area contributed by atoms with Crippen LogP contribution in [0, 0.1) is 27.7 Å². The fourth-order valence-electron chi connectivity index (χ4n) is 15.5. The molecule has 4 aliphatic rings. The van der Waals surface area contributed by atoms with Crippen LogP contribution in [0.3, 0.4) is 0 Å².